The van der Waals surface area contributed by atoms with Crippen molar-refractivity contribution in [2.75, 3.05) is 31.2 Å². The second-order valence-electron chi connectivity index (χ2n) is 7.53. The highest BCUT2D eigenvalue weighted by atomic mass is 16.5. The van der Waals surface area contributed by atoms with E-state index in [0.29, 0.717) is 11.5 Å². The molecule has 1 aromatic heterocycles. The molecule has 0 spiro atoms. The van der Waals surface area contributed by atoms with Gasteiger partial charge in [-0.25, -0.2) is 0 Å². The lowest BCUT2D eigenvalue weighted by Crippen LogP contribution is -2.59. The first-order valence-electron chi connectivity index (χ1n) is 8.67. The van der Waals surface area contributed by atoms with E-state index in [1.807, 2.05) is 16.8 Å². The molecule has 1 aromatic rings. The number of fused-ring (bicyclic) bond motifs is 1. The van der Waals surface area contributed by atoms with Crippen LogP contribution in [0.2, 0.25) is 0 Å². The van der Waals surface area contributed by atoms with Crippen molar-refractivity contribution in [3.8, 4) is 0 Å². The van der Waals surface area contributed by atoms with Crippen LogP contribution in [0.5, 0.6) is 0 Å². The minimum Gasteiger partial charge on any atom is -0.378 e. The number of aromatic nitrogens is 1. The molecule has 0 bridgehead atoms. The number of pyridine rings is 1. The van der Waals surface area contributed by atoms with Crippen LogP contribution in [0.25, 0.3) is 0 Å². The van der Waals surface area contributed by atoms with Crippen molar-refractivity contribution in [1.29, 1.82) is 0 Å². The highest BCUT2D eigenvalue weighted by Crippen LogP contribution is 2.69. The molecular weight excluding hydrogens is 276 g/mol. The van der Waals surface area contributed by atoms with E-state index in [1.165, 1.54) is 19.3 Å². The number of hydrogen-bond donors (Lipinski definition) is 0. The zero-order chi connectivity index (χ0) is 15.3. The number of morpholine rings is 1. The van der Waals surface area contributed by atoms with Gasteiger partial charge in [-0.15, -0.1) is 0 Å². The van der Waals surface area contributed by atoms with E-state index in [0.717, 1.165) is 43.8 Å². The van der Waals surface area contributed by atoms with Crippen LogP contribution in [0.1, 0.15) is 39.2 Å². The second kappa shape index (κ2) is 5.12. The molecule has 1 aliphatic heterocycles. The molecule has 3 unspecified atom stereocenters. The third kappa shape index (κ3) is 1.96. The molecule has 4 rings (SSSR count). The first-order valence-corrected chi connectivity index (χ1v) is 8.67. The standard InChI is InChI=1S/C18H26N2O2/c1-13(2)18-5-3-15(18)16(12-18)20-6-4-14(11-17(20)21)19-7-9-22-10-8-19/h4,6,11,13,15-16H,3,5,7-10,12H2,1-2H3. The van der Waals surface area contributed by atoms with Gasteiger partial charge in [-0.2, -0.15) is 0 Å². The van der Waals surface area contributed by atoms with Crippen molar-refractivity contribution in [1.82, 2.24) is 4.57 Å². The van der Waals surface area contributed by atoms with Gasteiger partial charge in [0.25, 0.3) is 5.56 Å². The maximum absolute atomic E-state index is 12.6. The van der Waals surface area contributed by atoms with E-state index in [9.17, 15) is 4.79 Å². The molecule has 1 saturated heterocycles. The fraction of sp³-hybridized carbons (Fsp3) is 0.722. The first-order chi connectivity index (χ1) is 10.6. The summed E-state index contributed by atoms with van der Waals surface area (Å²) < 4.78 is 7.38. The van der Waals surface area contributed by atoms with Crippen molar-refractivity contribution >= 4 is 5.69 Å². The average molecular weight is 302 g/mol. The lowest BCUT2D eigenvalue weighted by atomic mass is 9.41. The molecule has 2 aliphatic carbocycles. The lowest BCUT2D eigenvalue weighted by molar-refractivity contribution is -0.157. The zero-order valence-corrected chi connectivity index (χ0v) is 13.6. The van der Waals surface area contributed by atoms with Crippen LogP contribution in [-0.4, -0.2) is 30.9 Å². The van der Waals surface area contributed by atoms with Crippen LogP contribution >= 0.6 is 0 Å². The van der Waals surface area contributed by atoms with Gasteiger partial charge in [-0.1, -0.05) is 13.8 Å². The van der Waals surface area contributed by atoms with Gasteiger partial charge >= 0.3 is 0 Å². The number of anilines is 1. The van der Waals surface area contributed by atoms with Gasteiger partial charge in [0.2, 0.25) is 0 Å². The Kier molecular flexibility index (Phi) is 3.33. The molecular formula is C18H26N2O2. The quantitative estimate of drug-likeness (QED) is 0.861. The molecule has 2 saturated carbocycles. The fourth-order valence-corrected chi connectivity index (χ4v) is 4.90. The van der Waals surface area contributed by atoms with E-state index in [4.69, 9.17) is 4.74 Å². The molecule has 4 nitrogen and oxygen atoms in total. The van der Waals surface area contributed by atoms with Gasteiger partial charge in [0.05, 0.1) is 13.2 Å². The summed E-state index contributed by atoms with van der Waals surface area (Å²) in [5.74, 6) is 1.46. The Hall–Kier alpha value is -1.29. The molecule has 0 radical (unpaired) electrons. The van der Waals surface area contributed by atoms with E-state index in [2.05, 4.69) is 24.8 Å². The highest BCUT2D eigenvalue weighted by molar-refractivity contribution is 5.45. The summed E-state index contributed by atoms with van der Waals surface area (Å²) in [5.41, 5.74) is 1.75. The lowest BCUT2D eigenvalue weighted by Gasteiger charge is -2.66. The molecule has 0 amide bonds. The van der Waals surface area contributed by atoms with Crippen molar-refractivity contribution in [2.24, 2.45) is 17.3 Å². The molecule has 0 aromatic carbocycles. The molecule has 0 N–H and O–H groups in total. The number of ether oxygens (including phenoxy) is 1. The predicted octanol–water partition coefficient (Wildman–Crippen LogP) is 2.68. The summed E-state index contributed by atoms with van der Waals surface area (Å²) >= 11 is 0. The minimum absolute atomic E-state index is 0.165. The summed E-state index contributed by atoms with van der Waals surface area (Å²) in [4.78, 5) is 14.8. The van der Waals surface area contributed by atoms with Crippen LogP contribution in [0, 0.1) is 17.3 Å². The topological polar surface area (TPSA) is 34.5 Å². The van der Waals surface area contributed by atoms with Crippen LogP contribution in [0.4, 0.5) is 5.69 Å². The Morgan fingerprint density at radius 1 is 1.32 bits per heavy atom. The zero-order valence-electron chi connectivity index (χ0n) is 13.6. The summed E-state index contributed by atoms with van der Waals surface area (Å²) in [5, 5.41) is 0. The Labute approximate surface area is 132 Å². The van der Waals surface area contributed by atoms with Gasteiger partial charge in [-0.05, 0) is 42.6 Å². The predicted molar refractivity (Wildman–Crippen MR) is 87.4 cm³/mol. The molecule has 120 valence electrons. The van der Waals surface area contributed by atoms with Crippen molar-refractivity contribution < 1.29 is 4.74 Å². The Balaban J connectivity index is 1.53. The third-order valence-electron chi connectivity index (χ3n) is 6.53. The maximum atomic E-state index is 12.6. The van der Waals surface area contributed by atoms with Crippen LogP contribution in [0.15, 0.2) is 23.1 Å². The second-order valence-corrected chi connectivity index (χ2v) is 7.53. The van der Waals surface area contributed by atoms with Crippen LogP contribution in [0.3, 0.4) is 0 Å². The molecule has 4 heteroatoms. The van der Waals surface area contributed by atoms with Gasteiger partial charge in [-0.3, -0.25) is 4.79 Å². The van der Waals surface area contributed by atoms with Crippen LogP contribution in [-0.2, 0) is 4.74 Å². The number of hydrogen-bond acceptors (Lipinski definition) is 3. The summed E-state index contributed by atoms with van der Waals surface area (Å²) in [6.07, 6.45) is 5.86. The molecule has 2 heterocycles. The normalized spacial score (nSPS) is 34.0. The Morgan fingerprint density at radius 2 is 2.09 bits per heavy atom. The summed E-state index contributed by atoms with van der Waals surface area (Å²) in [6.45, 7) is 7.95. The third-order valence-corrected chi connectivity index (χ3v) is 6.53. The van der Waals surface area contributed by atoms with E-state index >= 15 is 0 Å². The van der Waals surface area contributed by atoms with Gasteiger partial charge < -0.3 is 14.2 Å². The molecule has 3 atom stereocenters. The van der Waals surface area contributed by atoms with Crippen molar-refractivity contribution in [3.05, 3.63) is 28.7 Å². The van der Waals surface area contributed by atoms with Crippen molar-refractivity contribution in [2.45, 2.75) is 39.2 Å². The number of rotatable bonds is 3. The van der Waals surface area contributed by atoms with E-state index in [-0.39, 0.29) is 5.56 Å². The van der Waals surface area contributed by atoms with E-state index < -0.39 is 0 Å². The summed E-state index contributed by atoms with van der Waals surface area (Å²) in [6, 6.07) is 4.36. The molecule has 3 aliphatic rings. The molecule has 3 fully saturated rings. The number of nitrogens with zero attached hydrogens (tertiary/aromatic N) is 2. The average Bonchev–Trinajstić information content (AvgIpc) is 2.50. The van der Waals surface area contributed by atoms with Gasteiger partial charge in [0.15, 0.2) is 0 Å². The van der Waals surface area contributed by atoms with E-state index in [1.54, 1.807) is 0 Å². The van der Waals surface area contributed by atoms with Gasteiger partial charge in [0, 0.05) is 37.1 Å². The highest BCUT2D eigenvalue weighted by Gasteiger charge is 2.61. The monoisotopic (exact) mass is 302 g/mol. The first kappa shape index (κ1) is 14.3. The smallest absolute Gasteiger partial charge is 0.252 e. The SMILES string of the molecule is CC(C)C12CCC1C(n1ccc(N3CCOCC3)cc1=O)C2. The van der Waals surface area contributed by atoms with Gasteiger partial charge in [0.1, 0.15) is 0 Å². The largest absolute Gasteiger partial charge is 0.378 e. The summed E-state index contributed by atoms with van der Waals surface area (Å²) in [7, 11) is 0. The maximum Gasteiger partial charge on any atom is 0.252 e. The fourth-order valence-electron chi connectivity index (χ4n) is 4.90. The molecule has 22 heavy (non-hydrogen) atoms. The van der Waals surface area contributed by atoms with Crippen LogP contribution < -0.4 is 10.5 Å². The Bertz CT molecular complexity index is 618. The minimum atomic E-state index is 0.165. The Morgan fingerprint density at radius 3 is 2.64 bits per heavy atom. The van der Waals surface area contributed by atoms with Crippen molar-refractivity contribution in [3.63, 3.8) is 0 Å².